The van der Waals surface area contributed by atoms with Crippen LogP contribution in [0.25, 0.3) is 0 Å². The average Bonchev–Trinajstić information content (AvgIpc) is 2.72. The number of para-hydroxylation sites is 2. The molecule has 3 aromatic carbocycles. The molecule has 3 aromatic rings. The fourth-order valence-corrected chi connectivity index (χ4v) is 4.18. The van der Waals surface area contributed by atoms with Crippen molar-refractivity contribution in [1.29, 1.82) is 0 Å². The molecule has 0 fully saturated rings. The molecule has 0 atom stereocenters. The number of hydrogen-bond acceptors (Lipinski definition) is 4. The molecule has 0 radical (unpaired) electrons. The van der Waals surface area contributed by atoms with E-state index in [1.54, 1.807) is 40.9 Å². The van der Waals surface area contributed by atoms with Gasteiger partial charge in [-0.2, -0.15) is 0 Å². The molecule has 0 unspecified atom stereocenters. The Morgan fingerprint density at radius 2 is 1.43 bits per heavy atom. The van der Waals surface area contributed by atoms with Crippen molar-refractivity contribution in [1.82, 2.24) is 0 Å². The van der Waals surface area contributed by atoms with E-state index in [4.69, 9.17) is 16.3 Å². The Hall–Kier alpha value is -2.76. The highest BCUT2D eigenvalue weighted by Crippen LogP contribution is 2.47. The number of carbonyl (C=O) groups is 2. The number of benzene rings is 3. The Bertz CT molecular complexity index is 990. The first kappa shape index (κ1) is 18.6. The van der Waals surface area contributed by atoms with Crippen LogP contribution in [0.1, 0.15) is 5.56 Å². The minimum absolute atomic E-state index is 0.0907. The Morgan fingerprint density at radius 1 is 0.857 bits per heavy atom. The summed E-state index contributed by atoms with van der Waals surface area (Å²) in [7, 11) is 0. The van der Waals surface area contributed by atoms with Crippen LogP contribution in [0.15, 0.2) is 82.6 Å². The van der Waals surface area contributed by atoms with Gasteiger partial charge in [-0.25, -0.2) is 0 Å². The van der Waals surface area contributed by atoms with E-state index in [0.29, 0.717) is 5.02 Å². The number of anilines is 2. The largest absolute Gasteiger partial charge is 0.455 e. The van der Waals surface area contributed by atoms with Crippen LogP contribution in [0, 0.1) is 0 Å². The summed E-state index contributed by atoms with van der Waals surface area (Å²) in [6.07, 6.45) is 0.0907. The number of amides is 1. The van der Waals surface area contributed by atoms with Crippen LogP contribution in [0.5, 0.6) is 0 Å². The normalized spacial score (nSPS) is 12.1. The number of nitrogens with zero attached hydrogens (tertiary/aromatic N) is 1. The molecule has 0 saturated heterocycles. The molecule has 0 aromatic heterocycles. The van der Waals surface area contributed by atoms with Crippen molar-refractivity contribution in [2.75, 3.05) is 11.5 Å². The van der Waals surface area contributed by atoms with Crippen molar-refractivity contribution in [3.05, 3.63) is 83.4 Å². The van der Waals surface area contributed by atoms with Gasteiger partial charge in [0, 0.05) is 14.8 Å². The standard InChI is InChI=1S/C22H16ClNO3S/c23-16-11-9-15(10-12-16)13-22(26)27-14-21(25)24-17-5-1-3-7-19(17)28-20-8-4-2-6-18(20)24/h1-12H,13-14H2. The van der Waals surface area contributed by atoms with Crippen molar-refractivity contribution in [3.63, 3.8) is 0 Å². The summed E-state index contributed by atoms with van der Waals surface area (Å²) >= 11 is 7.47. The summed E-state index contributed by atoms with van der Waals surface area (Å²) in [6, 6.07) is 22.4. The number of rotatable bonds is 4. The van der Waals surface area contributed by atoms with Crippen molar-refractivity contribution < 1.29 is 14.3 Å². The van der Waals surface area contributed by atoms with Crippen LogP contribution in [-0.4, -0.2) is 18.5 Å². The first-order valence-electron chi connectivity index (χ1n) is 8.71. The molecule has 4 nitrogen and oxygen atoms in total. The van der Waals surface area contributed by atoms with E-state index < -0.39 is 5.97 Å². The lowest BCUT2D eigenvalue weighted by atomic mass is 10.1. The number of hydrogen-bond donors (Lipinski definition) is 0. The van der Waals surface area contributed by atoms with Gasteiger partial charge >= 0.3 is 5.97 Å². The number of esters is 1. The zero-order chi connectivity index (χ0) is 19.5. The first-order chi connectivity index (χ1) is 13.6. The van der Waals surface area contributed by atoms with Gasteiger partial charge in [-0.05, 0) is 42.0 Å². The van der Waals surface area contributed by atoms with Gasteiger partial charge in [-0.15, -0.1) is 0 Å². The molecule has 1 heterocycles. The number of carbonyl (C=O) groups excluding carboxylic acids is 2. The van der Waals surface area contributed by atoms with Crippen LogP contribution in [0.3, 0.4) is 0 Å². The van der Waals surface area contributed by atoms with E-state index in [1.807, 2.05) is 48.5 Å². The molecule has 1 aliphatic heterocycles. The van der Waals surface area contributed by atoms with Crippen LogP contribution < -0.4 is 4.90 Å². The fourth-order valence-electron chi connectivity index (χ4n) is 3.00. The van der Waals surface area contributed by atoms with E-state index in [1.165, 1.54) is 0 Å². The second-order valence-corrected chi connectivity index (χ2v) is 7.75. The van der Waals surface area contributed by atoms with E-state index in [9.17, 15) is 9.59 Å². The summed E-state index contributed by atoms with van der Waals surface area (Å²) in [6.45, 7) is -0.320. The zero-order valence-electron chi connectivity index (χ0n) is 14.8. The van der Waals surface area contributed by atoms with Gasteiger partial charge in [-0.1, -0.05) is 59.8 Å². The predicted octanol–water partition coefficient (Wildman–Crippen LogP) is 5.26. The highest BCUT2D eigenvalue weighted by molar-refractivity contribution is 7.99. The van der Waals surface area contributed by atoms with E-state index in [2.05, 4.69) is 0 Å². The van der Waals surface area contributed by atoms with Crippen molar-refractivity contribution in [3.8, 4) is 0 Å². The third kappa shape index (κ3) is 3.91. The maximum absolute atomic E-state index is 12.9. The molecule has 1 amide bonds. The molecule has 28 heavy (non-hydrogen) atoms. The first-order valence-corrected chi connectivity index (χ1v) is 9.90. The summed E-state index contributed by atoms with van der Waals surface area (Å²) in [5, 5.41) is 0.604. The maximum Gasteiger partial charge on any atom is 0.310 e. The second-order valence-electron chi connectivity index (χ2n) is 6.23. The Morgan fingerprint density at radius 3 is 2.04 bits per heavy atom. The predicted molar refractivity (Wildman–Crippen MR) is 110 cm³/mol. The van der Waals surface area contributed by atoms with Crippen LogP contribution in [-0.2, 0) is 20.7 Å². The van der Waals surface area contributed by atoms with Gasteiger partial charge in [0.25, 0.3) is 5.91 Å². The quantitative estimate of drug-likeness (QED) is 0.552. The van der Waals surface area contributed by atoms with Crippen LogP contribution in [0.2, 0.25) is 5.02 Å². The highest BCUT2D eigenvalue weighted by Gasteiger charge is 2.28. The Balaban J connectivity index is 1.49. The minimum Gasteiger partial charge on any atom is -0.455 e. The third-order valence-corrected chi connectivity index (χ3v) is 5.68. The highest BCUT2D eigenvalue weighted by atomic mass is 35.5. The molecular formula is C22H16ClNO3S. The average molecular weight is 410 g/mol. The lowest BCUT2D eigenvalue weighted by Crippen LogP contribution is -2.32. The topological polar surface area (TPSA) is 46.6 Å². The molecule has 0 aliphatic carbocycles. The van der Waals surface area contributed by atoms with Gasteiger partial charge in [-0.3, -0.25) is 14.5 Å². The van der Waals surface area contributed by atoms with E-state index >= 15 is 0 Å². The van der Waals surface area contributed by atoms with Crippen molar-refractivity contribution in [2.45, 2.75) is 16.2 Å². The Labute approximate surface area is 172 Å². The Kier molecular flexibility index (Phi) is 5.37. The minimum atomic E-state index is -0.455. The molecule has 140 valence electrons. The van der Waals surface area contributed by atoms with Crippen LogP contribution in [0.4, 0.5) is 11.4 Å². The van der Waals surface area contributed by atoms with Crippen LogP contribution >= 0.6 is 23.4 Å². The second kappa shape index (κ2) is 8.09. The molecule has 4 rings (SSSR count). The molecule has 6 heteroatoms. The molecule has 0 N–H and O–H groups in total. The van der Waals surface area contributed by atoms with E-state index in [-0.39, 0.29) is 18.9 Å². The van der Waals surface area contributed by atoms with E-state index in [0.717, 1.165) is 26.7 Å². The lowest BCUT2D eigenvalue weighted by molar-refractivity contribution is -0.147. The van der Waals surface area contributed by atoms with Gasteiger partial charge in [0.1, 0.15) is 0 Å². The summed E-state index contributed by atoms with van der Waals surface area (Å²) in [5.74, 6) is -0.742. The van der Waals surface area contributed by atoms with Gasteiger partial charge in [0.2, 0.25) is 0 Å². The number of fused-ring (bicyclic) bond motifs is 2. The number of halogens is 1. The SMILES string of the molecule is O=C(Cc1ccc(Cl)cc1)OCC(=O)N1c2ccccc2Sc2ccccc21. The summed E-state index contributed by atoms with van der Waals surface area (Å²) in [5.41, 5.74) is 2.38. The third-order valence-electron chi connectivity index (χ3n) is 4.30. The molecule has 0 bridgehead atoms. The molecular weight excluding hydrogens is 394 g/mol. The maximum atomic E-state index is 12.9. The summed E-state index contributed by atoms with van der Waals surface area (Å²) < 4.78 is 5.25. The fraction of sp³-hybridized carbons (Fsp3) is 0.0909. The van der Waals surface area contributed by atoms with Gasteiger partial charge in [0.15, 0.2) is 6.61 Å². The zero-order valence-corrected chi connectivity index (χ0v) is 16.4. The van der Waals surface area contributed by atoms with Crippen molar-refractivity contribution >= 4 is 46.6 Å². The summed E-state index contributed by atoms with van der Waals surface area (Å²) in [4.78, 5) is 28.7. The van der Waals surface area contributed by atoms with Crippen molar-refractivity contribution in [2.24, 2.45) is 0 Å². The molecule has 1 aliphatic rings. The lowest BCUT2D eigenvalue weighted by Gasteiger charge is -2.30. The molecule has 0 saturated carbocycles. The van der Waals surface area contributed by atoms with Gasteiger partial charge in [0.05, 0.1) is 17.8 Å². The van der Waals surface area contributed by atoms with Gasteiger partial charge < -0.3 is 4.74 Å². The molecule has 0 spiro atoms. The smallest absolute Gasteiger partial charge is 0.310 e. The monoisotopic (exact) mass is 409 g/mol. The number of ether oxygens (including phenoxy) is 1.